The third-order valence-corrected chi connectivity index (χ3v) is 10.0. The predicted molar refractivity (Wildman–Crippen MR) is 165 cm³/mol. The van der Waals surface area contributed by atoms with E-state index in [2.05, 4.69) is 0 Å². The van der Waals surface area contributed by atoms with Gasteiger partial charge in [-0.05, 0) is 80.4 Å². The molecule has 3 fully saturated rings. The van der Waals surface area contributed by atoms with Crippen molar-refractivity contribution in [2.45, 2.75) is 123 Å². The highest BCUT2D eigenvalue weighted by molar-refractivity contribution is 5.96. The van der Waals surface area contributed by atoms with E-state index in [1.54, 1.807) is 19.1 Å². The lowest BCUT2D eigenvalue weighted by Crippen LogP contribution is -2.58. The molecule has 0 aromatic heterocycles. The molecule has 3 aliphatic heterocycles. The average Bonchev–Trinajstić information content (AvgIpc) is 2.98. The van der Waals surface area contributed by atoms with Crippen LogP contribution in [0.3, 0.4) is 0 Å². The van der Waals surface area contributed by atoms with Gasteiger partial charge in [0.15, 0.2) is 5.79 Å². The molecule has 7 heteroatoms. The Morgan fingerprint density at radius 2 is 1.70 bits per heavy atom. The molecule has 5 rings (SSSR count). The second-order valence-corrected chi connectivity index (χ2v) is 13.4. The number of hydrogen-bond donors (Lipinski definition) is 2. The number of phenolic OH excluding ortho intramolecular Hbond substituents is 1. The van der Waals surface area contributed by atoms with Crippen molar-refractivity contribution in [2.24, 2.45) is 17.8 Å². The Morgan fingerprint density at radius 1 is 0.953 bits per heavy atom. The number of aliphatic hydroxyl groups excluding tert-OH is 1. The molecule has 1 aliphatic carbocycles. The molecule has 43 heavy (non-hydrogen) atoms. The first-order valence-electron chi connectivity index (χ1n) is 16.1. The summed E-state index contributed by atoms with van der Waals surface area (Å²) in [6.45, 7) is 9.49. The van der Waals surface area contributed by atoms with Crippen LogP contribution in [-0.4, -0.2) is 52.2 Å². The maximum Gasteiger partial charge on any atom is 0.339 e. The third-order valence-electron chi connectivity index (χ3n) is 10.0. The SMILES string of the molecule is C/C1=C/C=C\[C@H](C)[C@H](O)/C(C)=C\C[C@@H]2C[C@@H](C[C@]3(CC(=O)[C@H](C)[C@@H](C4CCCCC4)O3)O2)OC(=O)c2cc(C)c(O)cc21. The molecule has 2 N–H and O–H groups in total. The van der Waals surface area contributed by atoms with Gasteiger partial charge < -0.3 is 24.4 Å². The number of phenols is 1. The van der Waals surface area contributed by atoms with E-state index in [1.807, 2.05) is 52.0 Å². The van der Waals surface area contributed by atoms with Crippen LogP contribution in [0.15, 0.2) is 42.0 Å². The van der Waals surface area contributed by atoms with Crippen molar-refractivity contribution >= 4 is 17.3 Å². The molecule has 4 aliphatic rings. The van der Waals surface area contributed by atoms with Crippen molar-refractivity contribution < 1.29 is 34.0 Å². The smallest absolute Gasteiger partial charge is 0.339 e. The summed E-state index contributed by atoms with van der Waals surface area (Å²) < 4.78 is 19.7. The second-order valence-electron chi connectivity index (χ2n) is 13.4. The molecule has 2 saturated heterocycles. The lowest BCUT2D eigenvalue weighted by Gasteiger charge is -2.50. The van der Waals surface area contributed by atoms with Crippen LogP contribution in [0.4, 0.5) is 0 Å². The Balaban J connectivity index is 1.52. The molecule has 7 atom stereocenters. The number of benzene rings is 1. The Labute approximate surface area is 256 Å². The summed E-state index contributed by atoms with van der Waals surface area (Å²) in [6, 6.07) is 3.27. The van der Waals surface area contributed by atoms with Gasteiger partial charge in [0.2, 0.25) is 0 Å². The first kappa shape index (κ1) is 31.7. The second kappa shape index (κ2) is 13.1. The minimum Gasteiger partial charge on any atom is -0.508 e. The van der Waals surface area contributed by atoms with Crippen LogP contribution in [0.2, 0.25) is 0 Å². The van der Waals surface area contributed by atoms with Crippen LogP contribution in [0.5, 0.6) is 5.75 Å². The minimum absolute atomic E-state index is 0.101. The summed E-state index contributed by atoms with van der Waals surface area (Å²) in [5.41, 5.74) is 3.16. The molecule has 0 unspecified atom stereocenters. The molecule has 1 saturated carbocycles. The van der Waals surface area contributed by atoms with E-state index in [-0.39, 0.29) is 48.4 Å². The number of allylic oxidation sites excluding steroid dienone is 3. The maximum atomic E-state index is 13.8. The van der Waals surface area contributed by atoms with E-state index in [9.17, 15) is 19.8 Å². The Bertz CT molecular complexity index is 1300. The number of esters is 1. The number of carbonyl (C=O) groups is 2. The van der Waals surface area contributed by atoms with Crippen molar-refractivity contribution in [1.29, 1.82) is 0 Å². The number of ether oxygens (including phenoxy) is 3. The van der Waals surface area contributed by atoms with Gasteiger partial charge in [-0.25, -0.2) is 4.79 Å². The van der Waals surface area contributed by atoms with E-state index < -0.39 is 24.0 Å². The molecule has 0 radical (unpaired) electrons. The zero-order valence-corrected chi connectivity index (χ0v) is 26.3. The predicted octanol–water partition coefficient (Wildman–Crippen LogP) is 6.98. The van der Waals surface area contributed by atoms with Crippen LogP contribution >= 0.6 is 0 Å². The largest absolute Gasteiger partial charge is 0.508 e. The fourth-order valence-corrected chi connectivity index (χ4v) is 7.35. The van der Waals surface area contributed by atoms with Gasteiger partial charge in [-0.3, -0.25) is 4.79 Å². The summed E-state index contributed by atoms with van der Waals surface area (Å²) in [5, 5.41) is 21.5. The number of Topliss-reactive ketones (excluding diaryl/α,β-unsaturated/α-hetero) is 1. The molecule has 7 nitrogen and oxygen atoms in total. The standard InChI is InChI=1S/C36H48O7/c1-21-10-9-11-22(2)33(39)23(3)14-15-27-17-28(41-35(40)30-16-24(4)31(37)18-29(21)30)19-36(42-27)20-32(38)25(5)34(43-36)26-12-7-6-8-13-26/h9-11,14,16,18,22,25-28,33-34,37,39H,6-8,12-13,15,17,19-20H2,1-5H3/b11-9-,21-10-,23-14-/t22-,25-,27+,28-,33-,34-,36-/m0/s1. The molecule has 234 valence electrons. The molecule has 3 heterocycles. The van der Waals surface area contributed by atoms with Gasteiger partial charge in [0, 0.05) is 24.7 Å². The van der Waals surface area contributed by atoms with Crippen LogP contribution in [0.25, 0.3) is 5.57 Å². The quantitative estimate of drug-likeness (QED) is 0.268. The molecular formula is C36H48O7. The Hall–Kier alpha value is -2.74. The van der Waals surface area contributed by atoms with E-state index in [1.165, 1.54) is 6.42 Å². The van der Waals surface area contributed by atoms with Crippen molar-refractivity contribution in [3.63, 3.8) is 0 Å². The van der Waals surface area contributed by atoms with Crippen LogP contribution in [0, 0.1) is 24.7 Å². The molecule has 1 spiro atoms. The number of ketones is 1. The maximum absolute atomic E-state index is 13.8. The average molecular weight is 593 g/mol. The number of rotatable bonds is 1. The van der Waals surface area contributed by atoms with Crippen LogP contribution < -0.4 is 0 Å². The number of aliphatic hydroxyl groups is 1. The number of aryl methyl sites for hydroxylation is 1. The monoisotopic (exact) mass is 592 g/mol. The number of fused-ring (bicyclic) bond motifs is 3. The zero-order chi connectivity index (χ0) is 30.9. The lowest BCUT2D eigenvalue weighted by molar-refractivity contribution is -0.330. The van der Waals surface area contributed by atoms with Gasteiger partial charge in [0.05, 0.1) is 30.3 Å². The van der Waals surface area contributed by atoms with Gasteiger partial charge in [-0.2, -0.15) is 0 Å². The van der Waals surface area contributed by atoms with Crippen molar-refractivity contribution in [3.8, 4) is 5.75 Å². The van der Waals surface area contributed by atoms with E-state index in [0.29, 0.717) is 35.4 Å². The van der Waals surface area contributed by atoms with E-state index in [0.717, 1.165) is 36.8 Å². The number of aromatic hydroxyl groups is 1. The molecular weight excluding hydrogens is 544 g/mol. The highest BCUT2D eigenvalue weighted by atomic mass is 16.7. The van der Waals surface area contributed by atoms with E-state index in [4.69, 9.17) is 14.2 Å². The zero-order valence-electron chi connectivity index (χ0n) is 26.3. The topological polar surface area (TPSA) is 102 Å². The van der Waals surface area contributed by atoms with Crippen molar-refractivity contribution in [2.75, 3.05) is 0 Å². The fourth-order valence-electron chi connectivity index (χ4n) is 7.35. The minimum atomic E-state index is -1.16. The summed E-state index contributed by atoms with van der Waals surface area (Å²) in [6.07, 6.45) is 12.8. The van der Waals surface area contributed by atoms with Crippen molar-refractivity contribution in [3.05, 3.63) is 58.7 Å². The highest BCUT2D eigenvalue weighted by Gasteiger charge is 2.53. The number of carbonyl (C=O) groups excluding carboxylic acids is 2. The molecule has 1 aromatic carbocycles. The van der Waals surface area contributed by atoms with Gasteiger partial charge in [-0.1, -0.05) is 57.4 Å². The highest BCUT2D eigenvalue weighted by Crippen LogP contribution is 2.45. The van der Waals surface area contributed by atoms with Crippen LogP contribution in [0.1, 0.15) is 107 Å². The normalized spacial score (nSPS) is 37.9. The summed E-state index contributed by atoms with van der Waals surface area (Å²) >= 11 is 0. The van der Waals surface area contributed by atoms with Gasteiger partial charge in [0.25, 0.3) is 0 Å². The Kier molecular flexibility index (Phi) is 9.64. The summed E-state index contributed by atoms with van der Waals surface area (Å²) in [5.74, 6) is -1.44. The summed E-state index contributed by atoms with van der Waals surface area (Å²) in [4.78, 5) is 27.3. The van der Waals surface area contributed by atoms with Gasteiger partial charge >= 0.3 is 5.97 Å². The third kappa shape index (κ3) is 7.00. The summed E-state index contributed by atoms with van der Waals surface area (Å²) in [7, 11) is 0. The first-order valence-corrected chi connectivity index (χ1v) is 16.1. The number of hydrogen-bond acceptors (Lipinski definition) is 7. The molecule has 2 bridgehead atoms. The van der Waals surface area contributed by atoms with Crippen LogP contribution in [-0.2, 0) is 19.0 Å². The van der Waals surface area contributed by atoms with Gasteiger partial charge in [0.1, 0.15) is 17.6 Å². The van der Waals surface area contributed by atoms with E-state index >= 15 is 0 Å². The van der Waals surface area contributed by atoms with Gasteiger partial charge in [-0.15, -0.1) is 0 Å². The van der Waals surface area contributed by atoms with Crippen molar-refractivity contribution in [1.82, 2.24) is 0 Å². The fraction of sp³-hybridized carbons (Fsp3) is 0.611. The lowest BCUT2D eigenvalue weighted by atomic mass is 9.76. The Morgan fingerprint density at radius 3 is 2.44 bits per heavy atom. The molecule has 0 amide bonds. The molecule has 1 aromatic rings. The first-order chi connectivity index (χ1) is 20.5.